The molecule has 5 aromatic rings. The molecule has 242 valence electrons. The third-order valence-electron chi connectivity index (χ3n) is 7.42. The number of methoxy groups -OCH3 is 1. The quantitative estimate of drug-likeness (QED) is 0.0866. The molecular formula is C35H29N5O6S2. The van der Waals surface area contributed by atoms with Crippen LogP contribution in [0.15, 0.2) is 104 Å². The molecule has 2 aromatic heterocycles. The van der Waals surface area contributed by atoms with Crippen molar-refractivity contribution in [2.75, 3.05) is 13.7 Å². The highest BCUT2D eigenvalue weighted by Gasteiger charge is 2.35. The zero-order valence-corrected chi connectivity index (χ0v) is 28.0. The van der Waals surface area contributed by atoms with Gasteiger partial charge in [0.15, 0.2) is 9.96 Å². The molecule has 3 heterocycles. The number of ether oxygens (including phenoxy) is 2. The summed E-state index contributed by atoms with van der Waals surface area (Å²) in [5.41, 5.74) is 3.31. The maximum atomic E-state index is 14.2. The monoisotopic (exact) mass is 679 g/mol. The van der Waals surface area contributed by atoms with Crippen molar-refractivity contribution in [1.82, 2.24) is 14.5 Å². The molecular weight excluding hydrogens is 651 g/mol. The van der Waals surface area contributed by atoms with E-state index in [0.29, 0.717) is 43.0 Å². The first kappa shape index (κ1) is 32.5. The molecule has 0 fully saturated rings. The Morgan fingerprint density at radius 1 is 1.04 bits per heavy atom. The Morgan fingerprint density at radius 3 is 2.48 bits per heavy atom. The molecule has 0 N–H and O–H groups in total. The smallest absolute Gasteiger partial charge is 0.338 e. The van der Waals surface area contributed by atoms with Crippen molar-refractivity contribution in [3.63, 3.8) is 0 Å². The standard InChI is InChI=1S/C35H29N5O6S2/c1-5-46-33(42)29-30(23-10-7-6-8-11-23)38-35-39(31(29)24-12-9-13-25(19-24)45-4)32(41)28(48-35)18-22-14-15-27(26(17-22)40(43)44)47-34-36-20(2)16-21(3)37-34/h6-19,31H,5H2,1-4H3/b28-18+/t31-/m1/s1. The van der Waals surface area contributed by atoms with Crippen molar-refractivity contribution in [2.24, 2.45) is 4.99 Å². The number of rotatable bonds is 9. The Balaban J connectivity index is 1.53. The van der Waals surface area contributed by atoms with Crippen LogP contribution in [0.4, 0.5) is 5.69 Å². The van der Waals surface area contributed by atoms with Gasteiger partial charge in [-0.15, -0.1) is 0 Å². The summed E-state index contributed by atoms with van der Waals surface area (Å²) in [6.07, 6.45) is 1.59. The minimum atomic E-state index is -0.890. The zero-order valence-electron chi connectivity index (χ0n) is 26.4. The highest BCUT2D eigenvalue weighted by molar-refractivity contribution is 7.99. The maximum absolute atomic E-state index is 14.2. The van der Waals surface area contributed by atoms with Crippen LogP contribution in [0.5, 0.6) is 5.75 Å². The summed E-state index contributed by atoms with van der Waals surface area (Å²) in [6, 6.07) is 22.1. The van der Waals surface area contributed by atoms with Crippen molar-refractivity contribution < 1.29 is 19.2 Å². The van der Waals surface area contributed by atoms with Crippen molar-refractivity contribution in [3.8, 4) is 5.75 Å². The number of nitro benzene ring substituents is 1. The summed E-state index contributed by atoms with van der Waals surface area (Å²) in [4.78, 5) is 54.0. The van der Waals surface area contributed by atoms with Gasteiger partial charge in [0.05, 0.1) is 45.4 Å². The number of esters is 1. The summed E-state index contributed by atoms with van der Waals surface area (Å²) >= 11 is 2.23. The van der Waals surface area contributed by atoms with E-state index in [0.717, 1.165) is 34.5 Å². The number of hydrogen-bond donors (Lipinski definition) is 0. The zero-order chi connectivity index (χ0) is 33.9. The molecule has 11 nitrogen and oxygen atoms in total. The van der Waals surface area contributed by atoms with Gasteiger partial charge in [0.25, 0.3) is 11.2 Å². The average Bonchev–Trinajstić information content (AvgIpc) is 3.38. The fourth-order valence-corrected chi connectivity index (χ4v) is 7.36. The molecule has 0 saturated heterocycles. The molecule has 0 radical (unpaired) electrons. The average molecular weight is 680 g/mol. The largest absolute Gasteiger partial charge is 0.497 e. The molecule has 0 aliphatic carbocycles. The van der Waals surface area contributed by atoms with Gasteiger partial charge in [-0.1, -0.05) is 59.9 Å². The topological polar surface area (TPSA) is 139 Å². The Labute approximate surface area is 283 Å². The van der Waals surface area contributed by atoms with Gasteiger partial charge in [0.1, 0.15) is 5.75 Å². The van der Waals surface area contributed by atoms with E-state index in [9.17, 15) is 19.7 Å². The molecule has 1 aliphatic rings. The van der Waals surface area contributed by atoms with Crippen LogP contribution in [0.25, 0.3) is 11.8 Å². The van der Waals surface area contributed by atoms with E-state index in [2.05, 4.69) is 9.97 Å². The lowest BCUT2D eigenvalue weighted by Crippen LogP contribution is -2.40. The molecule has 0 bridgehead atoms. The number of fused-ring (bicyclic) bond motifs is 1. The van der Waals surface area contributed by atoms with E-state index in [1.807, 2.05) is 56.3 Å². The second-order valence-electron chi connectivity index (χ2n) is 10.7. The molecule has 0 amide bonds. The number of carbonyl (C=O) groups excluding carboxylic acids is 1. The summed E-state index contributed by atoms with van der Waals surface area (Å²) in [5.74, 6) is -0.0497. The van der Waals surface area contributed by atoms with Gasteiger partial charge in [-0.05, 0) is 74.0 Å². The molecule has 1 aliphatic heterocycles. The van der Waals surface area contributed by atoms with E-state index >= 15 is 0 Å². The molecule has 1 atom stereocenters. The van der Waals surface area contributed by atoms with Crippen LogP contribution in [0.1, 0.15) is 41.0 Å². The lowest BCUT2D eigenvalue weighted by Gasteiger charge is -2.26. The molecule has 6 rings (SSSR count). The van der Waals surface area contributed by atoms with Crippen LogP contribution in [-0.2, 0) is 9.53 Å². The number of hydrogen-bond acceptors (Lipinski definition) is 11. The number of benzene rings is 3. The van der Waals surface area contributed by atoms with Gasteiger partial charge in [0, 0.05) is 23.0 Å². The Hall–Kier alpha value is -5.40. The number of nitro groups is 1. The minimum Gasteiger partial charge on any atom is -0.497 e. The lowest BCUT2D eigenvalue weighted by molar-refractivity contribution is -0.387. The number of thiazole rings is 1. The van der Waals surface area contributed by atoms with E-state index in [4.69, 9.17) is 14.5 Å². The Kier molecular flexibility index (Phi) is 9.33. The van der Waals surface area contributed by atoms with Crippen LogP contribution in [0, 0.1) is 24.0 Å². The summed E-state index contributed by atoms with van der Waals surface area (Å²) in [6.45, 7) is 5.52. The molecule has 3 aromatic carbocycles. The van der Waals surface area contributed by atoms with Crippen LogP contribution in [0.3, 0.4) is 0 Å². The van der Waals surface area contributed by atoms with Crippen LogP contribution in [-0.4, -0.2) is 39.1 Å². The Morgan fingerprint density at radius 2 is 1.79 bits per heavy atom. The number of carbonyl (C=O) groups is 1. The normalized spacial score (nSPS) is 14.3. The first-order valence-corrected chi connectivity index (χ1v) is 16.5. The maximum Gasteiger partial charge on any atom is 0.338 e. The highest BCUT2D eigenvalue weighted by Crippen LogP contribution is 2.37. The molecule has 0 unspecified atom stereocenters. The second kappa shape index (κ2) is 13.8. The van der Waals surface area contributed by atoms with Crippen molar-refractivity contribution in [1.29, 1.82) is 0 Å². The van der Waals surface area contributed by atoms with E-state index in [-0.39, 0.29) is 22.4 Å². The van der Waals surface area contributed by atoms with Crippen molar-refractivity contribution in [3.05, 3.63) is 142 Å². The fraction of sp³-hybridized carbons (Fsp3) is 0.171. The van der Waals surface area contributed by atoms with E-state index in [1.54, 1.807) is 50.4 Å². The molecule has 0 spiro atoms. The third kappa shape index (κ3) is 6.55. The van der Waals surface area contributed by atoms with Crippen molar-refractivity contribution >= 4 is 46.5 Å². The third-order valence-corrected chi connectivity index (χ3v) is 9.34. The molecule has 13 heteroatoms. The van der Waals surface area contributed by atoms with Crippen LogP contribution >= 0.6 is 23.1 Å². The first-order valence-electron chi connectivity index (χ1n) is 14.9. The molecule has 0 saturated carbocycles. The SMILES string of the molecule is CCOC(=O)C1=C(c2ccccc2)N=c2s/c(=C/c3ccc(Sc4nc(C)cc(C)n4)c([N+](=O)[O-])c3)c(=O)n2[C@@H]1c1cccc(OC)c1. The predicted molar refractivity (Wildman–Crippen MR) is 183 cm³/mol. The van der Waals surface area contributed by atoms with Gasteiger partial charge < -0.3 is 9.47 Å². The summed E-state index contributed by atoms with van der Waals surface area (Å²) in [7, 11) is 1.54. The van der Waals surface area contributed by atoms with Crippen LogP contribution < -0.4 is 19.6 Å². The van der Waals surface area contributed by atoms with Crippen LogP contribution in [0.2, 0.25) is 0 Å². The number of nitrogens with zero attached hydrogens (tertiary/aromatic N) is 5. The minimum absolute atomic E-state index is 0.127. The number of aryl methyl sites for hydroxylation is 2. The van der Waals surface area contributed by atoms with Crippen molar-refractivity contribution in [2.45, 2.75) is 36.9 Å². The second-order valence-corrected chi connectivity index (χ2v) is 12.7. The van der Waals surface area contributed by atoms with E-state index < -0.39 is 22.5 Å². The number of aromatic nitrogens is 3. The fourth-order valence-electron chi connectivity index (χ4n) is 5.41. The van der Waals surface area contributed by atoms with Gasteiger partial charge in [-0.25, -0.2) is 19.8 Å². The van der Waals surface area contributed by atoms with Gasteiger partial charge in [-0.3, -0.25) is 19.5 Å². The summed E-state index contributed by atoms with van der Waals surface area (Å²) in [5, 5.41) is 12.6. The van der Waals surface area contributed by atoms with Gasteiger partial charge in [-0.2, -0.15) is 0 Å². The lowest BCUT2D eigenvalue weighted by atomic mass is 9.93. The highest BCUT2D eigenvalue weighted by atomic mass is 32.2. The van der Waals surface area contributed by atoms with Gasteiger partial charge in [0.2, 0.25) is 0 Å². The van der Waals surface area contributed by atoms with E-state index in [1.165, 1.54) is 10.6 Å². The summed E-state index contributed by atoms with van der Waals surface area (Å²) < 4.78 is 12.8. The predicted octanol–water partition coefficient (Wildman–Crippen LogP) is 5.41. The molecule has 48 heavy (non-hydrogen) atoms. The Bertz CT molecular complexity index is 2260. The van der Waals surface area contributed by atoms with Gasteiger partial charge >= 0.3 is 5.97 Å². The first-order chi connectivity index (χ1) is 23.2.